The van der Waals surface area contributed by atoms with Crippen LogP contribution in [0.2, 0.25) is 0 Å². The topological polar surface area (TPSA) is 126 Å². The number of carbonyl (C=O) groups excluding carboxylic acids is 1. The smallest absolute Gasteiger partial charge is 0.328 e. The van der Waals surface area contributed by atoms with E-state index < -0.39 is 0 Å². The lowest BCUT2D eigenvalue weighted by atomic mass is 10.3. The van der Waals surface area contributed by atoms with E-state index in [4.69, 9.17) is 11.5 Å². The third-order valence-corrected chi connectivity index (χ3v) is 3.44. The van der Waals surface area contributed by atoms with Crippen molar-refractivity contribution in [3.8, 4) is 5.69 Å². The van der Waals surface area contributed by atoms with Gasteiger partial charge in [-0.2, -0.15) is 5.11 Å². The molecule has 0 saturated heterocycles. The summed E-state index contributed by atoms with van der Waals surface area (Å²) >= 11 is 0. The Labute approximate surface area is 144 Å². The van der Waals surface area contributed by atoms with Gasteiger partial charge in [0.05, 0.1) is 5.69 Å². The molecule has 0 spiro atoms. The number of hydrogen-bond acceptors (Lipinski definition) is 5. The van der Waals surface area contributed by atoms with Gasteiger partial charge in [0.25, 0.3) is 0 Å². The highest BCUT2D eigenvalue weighted by molar-refractivity contribution is 5.88. The molecule has 0 atom stereocenters. The molecule has 1 amide bonds. The Kier molecular flexibility index (Phi) is 4.42. The number of hydrogen-bond donors (Lipinski definition) is 4. The van der Waals surface area contributed by atoms with Gasteiger partial charge in [0.2, 0.25) is 11.6 Å². The molecule has 3 aromatic rings. The molecule has 8 nitrogen and oxygen atoms in total. The second-order valence-electron chi connectivity index (χ2n) is 5.36. The van der Waals surface area contributed by atoms with Crippen LogP contribution in [0.4, 0.5) is 28.7 Å². The summed E-state index contributed by atoms with van der Waals surface area (Å²) in [6, 6.07) is 16.5. The van der Waals surface area contributed by atoms with Crippen molar-refractivity contribution in [2.45, 2.75) is 6.92 Å². The van der Waals surface area contributed by atoms with Crippen LogP contribution in [0.25, 0.3) is 5.69 Å². The predicted octanol–water partition coefficient (Wildman–Crippen LogP) is 2.83. The van der Waals surface area contributed by atoms with E-state index in [1.165, 1.54) is 6.92 Å². The Hall–Kier alpha value is -3.68. The molecular formula is C17H18N7O+. The van der Waals surface area contributed by atoms with Gasteiger partial charge in [-0.1, -0.05) is 18.2 Å². The Morgan fingerprint density at radius 2 is 1.72 bits per heavy atom. The van der Waals surface area contributed by atoms with Gasteiger partial charge in [-0.25, -0.2) is 5.10 Å². The number of aromatic amines is 1. The van der Waals surface area contributed by atoms with Crippen LogP contribution in [0.15, 0.2) is 64.8 Å². The van der Waals surface area contributed by atoms with Crippen molar-refractivity contribution in [3.63, 3.8) is 0 Å². The normalized spacial score (nSPS) is 10.9. The first-order valence-corrected chi connectivity index (χ1v) is 7.58. The van der Waals surface area contributed by atoms with E-state index >= 15 is 0 Å². The summed E-state index contributed by atoms with van der Waals surface area (Å²) in [4.78, 5) is 11.0. The number of amides is 1. The lowest BCUT2D eigenvalue weighted by Gasteiger charge is -2.00. The molecule has 0 aliphatic rings. The third kappa shape index (κ3) is 3.63. The number of carbonyl (C=O) groups is 1. The van der Waals surface area contributed by atoms with E-state index in [0.717, 1.165) is 5.69 Å². The van der Waals surface area contributed by atoms with Crippen LogP contribution in [0.3, 0.4) is 0 Å². The van der Waals surface area contributed by atoms with E-state index in [1.807, 2.05) is 30.3 Å². The monoisotopic (exact) mass is 336 g/mol. The van der Waals surface area contributed by atoms with Gasteiger partial charge >= 0.3 is 5.82 Å². The molecule has 2 aromatic carbocycles. The number of anilines is 3. The van der Waals surface area contributed by atoms with Crippen molar-refractivity contribution < 1.29 is 9.48 Å². The van der Waals surface area contributed by atoms with Gasteiger partial charge in [0.1, 0.15) is 0 Å². The van der Waals surface area contributed by atoms with E-state index in [0.29, 0.717) is 28.7 Å². The number of azo groups is 1. The molecule has 0 saturated carbocycles. The SMILES string of the molecule is CC(=O)Nc1ccc(N=Nc2c(N)[nH][n+](-c3ccccc3)c2N)cc1. The lowest BCUT2D eigenvalue weighted by molar-refractivity contribution is -0.639. The lowest BCUT2D eigenvalue weighted by Crippen LogP contribution is -2.35. The zero-order valence-electron chi connectivity index (χ0n) is 13.6. The third-order valence-electron chi connectivity index (χ3n) is 3.44. The van der Waals surface area contributed by atoms with Gasteiger partial charge in [-0.15, -0.1) is 9.80 Å². The van der Waals surface area contributed by atoms with Gasteiger partial charge < -0.3 is 11.1 Å². The summed E-state index contributed by atoms with van der Waals surface area (Å²) in [5.74, 6) is 0.551. The minimum Gasteiger partial charge on any atom is -0.381 e. The zero-order valence-corrected chi connectivity index (χ0v) is 13.6. The number of nitrogens with zero attached hydrogens (tertiary/aromatic N) is 3. The van der Waals surface area contributed by atoms with Crippen LogP contribution in [0.1, 0.15) is 6.92 Å². The maximum absolute atomic E-state index is 11.0. The highest BCUT2D eigenvalue weighted by Crippen LogP contribution is 2.28. The van der Waals surface area contributed by atoms with Gasteiger partial charge in [-0.05, 0) is 36.4 Å². The van der Waals surface area contributed by atoms with Gasteiger partial charge in [0, 0.05) is 12.6 Å². The first-order chi connectivity index (χ1) is 12.0. The van der Waals surface area contributed by atoms with Gasteiger partial charge in [0.15, 0.2) is 11.5 Å². The van der Waals surface area contributed by atoms with Crippen LogP contribution in [-0.4, -0.2) is 11.0 Å². The van der Waals surface area contributed by atoms with Crippen LogP contribution in [-0.2, 0) is 4.79 Å². The summed E-state index contributed by atoms with van der Waals surface area (Å²) < 4.78 is 1.64. The molecule has 0 bridgehead atoms. The highest BCUT2D eigenvalue weighted by atomic mass is 16.1. The summed E-state index contributed by atoms with van der Waals surface area (Å²) in [5, 5.41) is 13.9. The molecule has 25 heavy (non-hydrogen) atoms. The Bertz CT molecular complexity index is 914. The van der Waals surface area contributed by atoms with Crippen molar-refractivity contribution in [3.05, 3.63) is 54.6 Å². The van der Waals surface area contributed by atoms with E-state index in [9.17, 15) is 4.79 Å². The fourth-order valence-corrected chi connectivity index (χ4v) is 2.29. The maximum atomic E-state index is 11.0. The predicted molar refractivity (Wildman–Crippen MR) is 96.1 cm³/mol. The molecule has 126 valence electrons. The molecule has 3 rings (SSSR count). The van der Waals surface area contributed by atoms with E-state index in [-0.39, 0.29) is 5.91 Å². The minimum atomic E-state index is -0.132. The summed E-state index contributed by atoms with van der Waals surface area (Å²) in [7, 11) is 0. The Morgan fingerprint density at radius 1 is 1.04 bits per heavy atom. The van der Waals surface area contributed by atoms with Crippen molar-refractivity contribution in [1.29, 1.82) is 0 Å². The summed E-state index contributed by atoms with van der Waals surface area (Å²) in [6.07, 6.45) is 0. The number of para-hydroxylation sites is 1. The number of nitrogens with one attached hydrogen (secondary N) is 2. The summed E-state index contributed by atoms with van der Waals surface area (Å²) in [5.41, 5.74) is 14.6. The molecule has 0 aliphatic carbocycles. The number of nitrogen functional groups attached to an aromatic ring is 2. The van der Waals surface area contributed by atoms with Crippen molar-refractivity contribution in [1.82, 2.24) is 5.10 Å². The molecule has 0 aliphatic heterocycles. The van der Waals surface area contributed by atoms with Crippen LogP contribution in [0.5, 0.6) is 0 Å². The number of nitrogens with two attached hydrogens (primary N) is 2. The second-order valence-corrected chi connectivity index (χ2v) is 5.36. The van der Waals surface area contributed by atoms with Crippen molar-refractivity contribution >= 4 is 34.6 Å². The molecule has 8 heteroatoms. The number of benzene rings is 2. The van der Waals surface area contributed by atoms with Crippen LogP contribution in [0, 0.1) is 0 Å². The quantitative estimate of drug-likeness (QED) is 0.432. The molecule has 0 unspecified atom stereocenters. The number of aromatic nitrogens is 2. The zero-order chi connectivity index (χ0) is 17.8. The Balaban J connectivity index is 1.84. The first kappa shape index (κ1) is 16.2. The second kappa shape index (κ2) is 6.83. The van der Waals surface area contributed by atoms with Gasteiger partial charge in [-0.3, -0.25) is 10.5 Å². The molecular weight excluding hydrogens is 318 g/mol. The van der Waals surface area contributed by atoms with Crippen LogP contribution >= 0.6 is 0 Å². The average molecular weight is 336 g/mol. The van der Waals surface area contributed by atoms with E-state index in [2.05, 4.69) is 20.6 Å². The maximum Gasteiger partial charge on any atom is 0.328 e. The Morgan fingerprint density at radius 3 is 2.36 bits per heavy atom. The van der Waals surface area contributed by atoms with Crippen LogP contribution < -0.4 is 21.5 Å². The molecule has 1 aromatic heterocycles. The molecule has 1 heterocycles. The standard InChI is InChI=1S/C17H17N7O/c1-11(25)20-12-7-9-13(10-8-12)21-22-15-16(18)23-24(17(15)19)14-5-3-2-4-6-14/h2-10H,1H3,(H5,18,19,20,21,22,23,25)/p+1. The first-order valence-electron chi connectivity index (χ1n) is 7.58. The number of H-pyrrole nitrogens is 1. The summed E-state index contributed by atoms with van der Waals surface area (Å²) in [6.45, 7) is 1.45. The van der Waals surface area contributed by atoms with E-state index in [1.54, 1.807) is 28.9 Å². The fourth-order valence-electron chi connectivity index (χ4n) is 2.29. The minimum absolute atomic E-state index is 0.132. The van der Waals surface area contributed by atoms with Crippen molar-refractivity contribution in [2.75, 3.05) is 16.8 Å². The molecule has 0 fully saturated rings. The van der Waals surface area contributed by atoms with Crippen molar-refractivity contribution in [2.24, 2.45) is 10.2 Å². The highest BCUT2D eigenvalue weighted by Gasteiger charge is 2.20. The molecule has 6 N–H and O–H groups in total. The largest absolute Gasteiger partial charge is 0.381 e. The average Bonchev–Trinajstić information content (AvgIpc) is 2.89. The number of rotatable bonds is 4. The molecule has 0 radical (unpaired) electrons. The fraction of sp³-hybridized carbons (Fsp3) is 0.0588.